The first kappa shape index (κ1) is 11.4. The fourth-order valence-corrected chi connectivity index (χ4v) is 2.74. The highest BCUT2D eigenvalue weighted by molar-refractivity contribution is 5.71. The molecule has 0 aromatic carbocycles. The Bertz CT molecular complexity index is 384. The molecule has 0 aliphatic heterocycles. The summed E-state index contributed by atoms with van der Waals surface area (Å²) in [7, 11) is 0. The number of aryl methyl sites for hydroxylation is 2. The van der Waals surface area contributed by atoms with Crippen molar-refractivity contribution in [2.24, 2.45) is 5.92 Å². The van der Waals surface area contributed by atoms with E-state index < -0.39 is 0 Å². The van der Waals surface area contributed by atoms with Gasteiger partial charge in [-0.2, -0.15) is 0 Å². The van der Waals surface area contributed by atoms with Crippen molar-refractivity contribution in [1.29, 1.82) is 0 Å². The summed E-state index contributed by atoms with van der Waals surface area (Å²) in [5.74, 6) is 0.788. The van der Waals surface area contributed by atoms with Crippen LogP contribution in [0.1, 0.15) is 49.3 Å². The van der Waals surface area contributed by atoms with E-state index in [1.807, 2.05) is 12.4 Å². The summed E-state index contributed by atoms with van der Waals surface area (Å²) in [4.78, 5) is 4.25. The Hall–Kier alpha value is -1.11. The second-order valence-electron chi connectivity index (χ2n) is 4.90. The van der Waals surface area contributed by atoms with Gasteiger partial charge in [-0.25, -0.2) is 0 Å². The number of rotatable bonds is 2. The summed E-state index contributed by atoms with van der Waals surface area (Å²) in [5, 5.41) is 0. The Labute approximate surface area is 98.6 Å². The maximum Gasteiger partial charge on any atom is 0.0303 e. The summed E-state index contributed by atoms with van der Waals surface area (Å²) < 4.78 is 0. The average Bonchev–Trinajstić information content (AvgIpc) is 2.29. The molecule has 1 unspecified atom stereocenters. The lowest BCUT2D eigenvalue weighted by Gasteiger charge is -2.22. The molecule has 86 valence electrons. The molecule has 0 bridgehead atoms. The standard InChI is InChI=1S/C15H21N/c1-4-13-6-5-7-14(8-13)15-11(2)9-16-10-12(15)3/h8-10,13H,4-7H2,1-3H3. The lowest BCUT2D eigenvalue weighted by molar-refractivity contribution is 0.533. The third-order valence-electron chi connectivity index (χ3n) is 3.63. The molecule has 0 spiro atoms. The Morgan fingerprint density at radius 3 is 2.56 bits per heavy atom. The van der Waals surface area contributed by atoms with Crippen LogP contribution in [0.2, 0.25) is 0 Å². The second-order valence-corrected chi connectivity index (χ2v) is 4.90. The molecule has 1 atom stereocenters. The van der Waals surface area contributed by atoms with Gasteiger partial charge in [-0.05, 0) is 67.7 Å². The van der Waals surface area contributed by atoms with Crippen LogP contribution in [0.25, 0.3) is 5.57 Å². The molecule has 0 amide bonds. The number of hydrogen-bond acceptors (Lipinski definition) is 1. The number of allylic oxidation sites excluding steroid dienone is 2. The van der Waals surface area contributed by atoms with E-state index in [0.717, 1.165) is 5.92 Å². The summed E-state index contributed by atoms with van der Waals surface area (Å²) >= 11 is 0. The predicted molar refractivity (Wildman–Crippen MR) is 69.3 cm³/mol. The zero-order chi connectivity index (χ0) is 11.5. The summed E-state index contributed by atoms with van der Waals surface area (Å²) in [6.07, 6.45) is 11.7. The van der Waals surface area contributed by atoms with Crippen molar-refractivity contribution in [2.45, 2.75) is 46.5 Å². The molecular weight excluding hydrogens is 194 g/mol. The molecule has 1 heteroatoms. The maximum absolute atomic E-state index is 4.25. The van der Waals surface area contributed by atoms with E-state index >= 15 is 0 Å². The molecule has 1 aliphatic carbocycles. The van der Waals surface area contributed by atoms with E-state index in [4.69, 9.17) is 0 Å². The monoisotopic (exact) mass is 215 g/mol. The van der Waals surface area contributed by atoms with Gasteiger partial charge in [-0.3, -0.25) is 4.98 Å². The smallest absolute Gasteiger partial charge is 0.0303 e. The van der Waals surface area contributed by atoms with Crippen LogP contribution in [0.3, 0.4) is 0 Å². The van der Waals surface area contributed by atoms with E-state index in [9.17, 15) is 0 Å². The van der Waals surface area contributed by atoms with Gasteiger partial charge in [-0.15, -0.1) is 0 Å². The molecule has 1 heterocycles. The molecule has 0 saturated heterocycles. The normalized spacial score (nSPS) is 20.7. The quantitative estimate of drug-likeness (QED) is 0.717. The average molecular weight is 215 g/mol. The van der Waals surface area contributed by atoms with Gasteiger partial charge < -0.3 is 0 Å². The fourth-order valence-electron chi connectivity index (χ4n) is 2.74. The highest BCUT2D eigenvalue weighted by atomic mass is 14.6. The molecule has 0 saturated carbocycles. The largest absolute Gasteiger partial charge is 0.264 e. The topological polar surface area (TPSA) is 12.9 Å². The third-order valence-corrected chi connectivity index (χ3v) is 3.63. The van der Waals surface area contributed by atoms with Crippen LogP contribution in [0.5, 0.6) is 0 Å². The third kappa shape index (κ3) is 2.18. The Morgan fingerprint density at radius 1 is 1.25 bits per heavy atom. The highest BCUT2D eigenvalue weighted by Crippen LogP contribution is 2.33. The van der Waals surface area contributed by atoms with Gasteiger partial charge in [0.1, 0.15) is 0 Å². The summed E-state index contributed by atoms with van der Waals surface area (Å²) in [6, 6.07) is 0. The molecule has 16 heavy (non-hydrogen) atoms. The Balaban J connectivity index is 2.40. The van der Waals surface area contributed by atoms with Gasteiger partial charge in [0.05, 0.1) is 0 Å². The van der Waals surface area contributed by atoms with Gasteiger partial charge in [0.15, 0.2) is 0 Å². The van der Waals surface area contributed by atoms with E-state index in [-0.39, 0.29) is 0 Å². The van der Waals surface area contributed by atoms with Crippen molar-refractivity contribution in [1.82, 2.24) is 4.98 Å². The van der Waals surface area contributed by atoms with Crippen molar-refractivity contribution < 1.29 is 0 Å². The first-order chi connectivity index (χ1) is 7.72. The molecule has 1 nitrogen and oxygen atoms in total. The second kappa shape index (κ2) is 4.82. The molecule has 0 radical (unpaired) electrons. The molecule has 1 aliphatic rings. The van der Waals surface area contributed by atoms with Crippen LogP contribution in [0, 0.1) is 19.8 Å². The van der Waals surface area contributed by atoms with Crippen molar-refractivity contribution in [3.63, 3.8) is 0 Å². The SMILES string of the molecule is CCC1C=C(c2c(C)cncc2C)CCC1. The van der Waals surface area contributed by atoms with Crippen LogP contribution in [-0.2, 0) is 0 Å². The van der Waals surface area contributed by atoms with Crippen molar-refractivity contribution in [3.05, 3.63) is 35.2 Å². The van der Waals surface area contributed by atoms with Gasteiger partial charge in [0.25, 0.3) is 0 Å². The van der Waals surface area contributed by atoms with Crippen LogP contribution in [0.4, 0.5) is 0 Å². The molecule has 1 aromatic heterocycles. The molecule has 2 rings (SSSR count). The predicted octanol–water partition coefficient (Wildman–Crippen LogP) is 4.29. The first-order valence-corrected chi connectivity index (χ1v) is 6.34. The van der Waals surface area contributed by atoms with E-state index in [2.05, 4.69) is 31.8 Å². The van der Waals surface area contributed by atoms with E-state index in [1.54, 1.807) is 5.57 Å². The van der Waals surface area contributed by atoms with Gasteiger partial charge >= 0.3 is 0 Å². The Kier molecular flexibility index (Phi) is 3.42. The van der Waals surface area contributed by atoms with Crippen LogP contribution in [-0.4, -0.2) is 4.98 Å². The lowest BCUT2D eigenvalue weighted by Crippen LogP contribution is -2.05. The zero-order valence-electron chi connectivity index (χ0n) is 10.6. The van der Waals surface area contributed by atoms with Gasteiger partial charge in [-0.1, -0.05) is 13.0 Å². The van der Waals surface area contributed by atoms with Crippen molar-refractivity contribution in [2.75, 3.05) is 0 Å². The van der Waals surface area contributed by atoms with Crippen molar-refractivity contribution in [3.8, 4) is 0 Å². The number of aromatic nitrogens is 1. The maximum atomic E-state index is 4.25. The zero-order valence-corrected chi connectivity index (χ0v) is 10.6. The van der Waals surface area contributed by atoms with Crippen LogP contribution >= 0.6 is 0 Å². The van der Waals surface area contributed by atoms with Crippen molar-refractivity contribution >= 4 is 5.57 Å². The summed E-state index contributed by atoms with van der Waals surface area (Å²) in [6.45, 7) is 6.63. The molecule has 0 N–H and O–H groups in total. The minimum Gasteiger partial charge on any atom is -0.264 e. The fraction of sp³-hybridized carbons (Fsp3) is 0.533. The van der Waals surface area contributed by atoms with E-state index in [1.165, 1.54) is 42.4 Å². The molecule has 0 fully saturated rings. The Morgan fingerprint density at radius 2 is 1.94 bits per heavy atom. The number of hydrogen-bond donors (Lipinski definition) is 0. The first-order valence-electron chi connectivity index (χ1n) is 6.34. The van der Waals surface area contributed by atoms with Gasteiger partial charge in [0.2, 0.25) is 0 Å². The van der Waals surface area contributed by atoms with Gasteiger partial charge in [0, 0.05) is 12.4 Å². The minimum atomic E-state index is 0.788. The van der Waals surface area contributed by atoms with E-state index in [0.29, 0.717) is 0 Å². The van der Waals surface area contributed by atoms with Crippen LogP contribution in [0.15, 0.2) is 18.5 Å². The minimum absolute atomic E-state index is 0.788. The summed E-state index contributed by atoms with van der Waals surface area (Å²) in [5.41, 5.74) is 5.65. The number of pyridine rings is 1. The number of nitrogens with zero attached hydrogens (tertiary/aromatic N) is 1. The molecular formula is C15H21N. The molecule has 1 aromatic rings. The lowest BCUT2D eigenvalue weighted by atomic mass is 9.84. The highest BCUT2D eigenvalue weighted by Gasteiger charge is 2.15. The van der Waals surface area contributed by atoms with Crippen LogP contribution < -0.4 is 0 Å².